The van der Waals surface area contributed by atoms with Crippen LogP contribution in [-0.2, 0) is 32.1 Å². The molecule has 0 aliphatic heterocycles. The molecule has 0 aliphatic carbocycles. The number of benzene rings is 2. The van der Waals surface area contributed by atoms with Gasteiger partial charge in [-0.1, -0.05) is 60.7 Å². The summed E-state index contributed by atoms with van der Waals surface area (Å²) in [5, 5.41) is 17.4. The number of carbonyl (C=O) groups is 4. The molecule has 2 aromatic carbocycles. The second-order valence-electron chi connectivity index (χ2n) is 8.52. The Kier molecular flexibility index (Phi) is 10.7. The molecule has 0 radical (unpaired) electrons. The highest BCUT2D eigenvalue weighted by atomic mass is 16.5. The van der Waals surface area contributed by atoms with Gasteiger partial charge in [-0.3, -0.25) is 9.59 Å². The molecule has 3 amide bonds. The molecule has 4 N–H and O–H groups in total. The van der Waals surface area contributed by atoms with E-state index in [9.17, 15) is 24.3 Å². The van der Waals surface area contributed by atoms with Crippen LogP contribution in [0.1, 0.15) is 44.2 Å². The van der Waals surface area contributed by atoms with Gasteiger partial charge in [0.25, 0.3) is 0 Å². The maximum Gasteiger partial charge on any atom is 0.407 e. The third-order valence-electron chi connectivity index (χ3n) is 5.36. The molecule has 2 aromatic rings. The predicted octanol–water partition coefficient (Wildman–Crippen LogP) is 2.79. The first-order valence-corrected chi connectivity index (χ1v) is 11.5. The third kappa shape index (κ3) is 9.87. The highest BCUT2D eigenvalue weighted by Crippen LogP contribution is 2.15. The molecule has 0 aliphatic rings. The molecular weight excluding hydrogens is 450 g/mol. The van der Waals surface area contributed by atoms with Crippen LogP contribution < -0.4 is 16.0 Å². The van der Waals surface area contributed by atoms with Crippen LogP contribution in [0.2, 0.25) is 0 Å². The smallest absolute Gasteiger partial charge is 0.407 e. The molecule has 35 heavy (non-hydrogen) atoms. The summed E-state index contributed by atoms with van der Waals surface area (Å²) in [6, 6.07) is 17.3. The quantitative estimate of drug-likeness (QED) is 0.324. The van der Waals surface area contributed by atoms with Gasteiger partial charge in [0.15, 0.2) is 0 Å². The Morgan fingerprint density at radius 2 is 1.54 bits per heavy atom. The normalized spacial score (nSPS) is 13.1. The first-order valence-electron chi connectivity index (χ1n) is 11.5. The van der Waals surface area contributed by atoms with Gasteiger partial charge in [-0.05, 0) is 37.3 Å². The number of rotatable bonds is 13. The van der Waals surface area contributed by atoms with E-state index in [4.69, 9.17) is 4.74 Å². The summed E-state index contributed by atoms with van der Waals surface area (Å²) in [7, 11) is 0. The van der Waals surface area contributed by atoms with Gasteiger partial charge < -0.3 is 25.8 Å². The van der Waals surface area contributed by atoms with Crippen LogP contribution in [0, 0.1) is 0 Å². The lowest BCUT2D eigenvalue weighted by Gasteiger charge is -2.30. The average Bonchev–Trinajstić information content (AvgIpc) is 2.82. The fourth-order valence-electron chi connectivity index (χ4n) is 3.59. The van der Waals surface area contributed by atoms with Crippen molar-refractivity contribution in [1.29, 1.82) is 0 Å². The number of carboxylic acid groups (broad SMARTS) is 1. The maximum atomic E-state index is 13.0. The van der Waals surface area contributed by atoms with E-state index in [2.05, 4.69) is 16.0 Å². The number of unbranched alkanes of at least 4 members (excludes halogenated alkanes) is 1. The summed E-state index contributed by atoms with van der Waals surface area (Å²) in [6.45, 7) is 3.35. The number of hydrogen-bond acceptors (Lipinski definition) is 5. The largest absolute Gasteiger partial charge is 0.480 e. The molecule has 0 spiro atoms. The zero-order chi connectivity index (χ0) is 25.7. The first kappa shape index (κ1) is 27.4. The Labute approximate surface area is 205 Å². The molecule has 2 atom stereocenters. The number of amides is 3. The van der Waals surface area contributed by atoms with Gasteiger partial charge in [-0.2, -0.15) is 0 Å². The van der Waals surface area contributed by atoms with Crippen molar-refractivity contribution in [2.75, 3.05) is 6.54 Å². The van der Waals surface area contributed by atoms with E-state index >= 15 is 0 Å². The number of aliphatic carboxylic acids is 1. The summed E-state index contributed by atoms with van der Waals surface area (Å²) < 4.78 is 5.13. The third-order valence-corrected chi connectivity index (χ3v) is 5.36. The van der Waals surface area contributed by atoms with Crippen LogP contribution >= 0.6 is 0 Å². The zero-order valence-corrected chi connectivity index (χ0v) is 20.1. The van der Waals surface area contributed by atoms with Crippen LogP contribution in [0.4, 0.5) is 4.79 Å². The van der Waals surface area contributed by atoms with Crippen LogP contribution in [0.5, 0.6) is 0 Å². The Balaban J connectivity index is 1.81. The highest BCUT2D eigenvalue weighted by molar-refractivity contribution is 5.93. The molecule has 9 heteroatoms. The second kappa shape index (κ2) is 13.7. The number of ether oxygens (including phenoxy) is 1. The molecule has 9 nitrogen and oxygen atoms in total. The molecule has 0 bridgehead atoms. The molecule has 0 unspecified atom stereocenters. The summed E-state index contributed by atoms with van der Waals surface area (Å²) in [5.41, 5.74) is 0.391. The second-order valence-corrected chi connectivity index (χ2v) is 8.52. The number of hydrogen-bond donors (Lipinski definition) is 4. The van der Waals surface area contributed by atoms with E-state index < -0.39 is 35.5 Å². The molecule has 0 heterocycles. The summed E-state index contributed by atoms with van der Waals surface area (Å²) >= 11 is 0. The Bertz CT molecular complexity index is 983. The van der Waals surface area contributed by atoms with Gasteiger partial charge >= 0.3 is 12.1 Å². The molecule has 188 valence electrons. The van der Waals surface area contributed by atoms with Crippen molar-refractivity contribution >= 4 is 23.9 Å². The van der Waals surface area contributed by atoms with E-state index in [0.717, 1.165) is 11.1 Å². The van der Waals surface area contributed by atoms with Crippen molar-refractivity contribution in [1.82, 2.24) is 16.0 Å². The van der Waals surface area contributed by atoms with Crippen molar-refractivity contribution in [2.24, 2.45) is 0 Å². The molecule has 0 fully saturated rings. The minimum absolute atomic E-state index is 0.163. The molecule has 2 rings (SSSR count). The van der Waals surface area contributed by atoms with E-state index in [-0.39, 0.29) is 19.4 Å². The lowest BCUT2D eigenvalue weighted by atomic mass is 9.91. The van der Waals surface area contributed by atoms with Gasteiger partial charge in [-0.25, -0.2) is 9.59 Å². The first-order chi connectivity index (χ1) is 16.7. The van der Waals surface area contributed by atoms with E-state index in [1.807, 2.05) is 60.7 Å². The van der Waals surface area contributed by atoms with Crippen LogP contribution in [-0.4, -0.2) is 47.1 Å². The highest BCUT2D eigenvalue weighted by Gasteiger charge is 2.36. The van der Waals surface area contributed by atoms with Gasteiger partial charge in [0.05, 0.1) is 0 Å². The molecular formula is C26H33N3O6. The number of alkyl carbamates (subject to hydrolysis) is 1. The van der Waals surface area contributed by atoms with Crippen molar-refractivity contribution in [3.05, 3.63) is 71.8 Å². The monoisotopic (exact) mass is 483 g/mol. The fraction of sp³-hybridized carbons (Fsp3) is 0.385. The van der Waals surface area contributed by atoms with Crippen molar-refractivity contribution in [3.63, 3.8) is 0 Å². The standard InChI is InChI=1S/C26H33N3O6/c1-19(30)29-26(2,17-20-11-5-3-6-12-20)24(33)28-22(23(31)32)15-9-10-16-27-25(34)35-18-21-13-7-4-8-14-21/h3-8,11-14,22H,9-10,15-18H2,1-2H3,(H,27,34)(H,28,33)(H,29,30)(H,31,32)/t22-,26-/m0/s1. The summed E-state index contributed by atoms with van der Waals surface area (Å²) in [5.74, 6) is -2.14. The number of nitrogens with one attached hydrogen (secondary N) is 3. The summed E-state index contributed by atoms with van der Waals surface area (Å²) in [4.78, 5) is 48.3. The van der Waals surface area contributed by atoms with Gasteiger partial charge in [-0.15, -0.1) is 0 Å². The number of carboxylic acids is 1. The lowest BCUT2D eigenvalue weighted by molar-refractivity contribution is -0.143. The Morgan fingerprint density at radius 3 is 2.11 bits per heavy atom. The Morgan fingerprint density at radius 1 is 0.943 bits per heavy atom. The lowest BCUT2D eigenvalue weighted by Crippen LogP contribution is -2.60. The van der Waals surface area contributed by atoms with Crippen molar-refractivity contribution < 1.29 is 29.0 Å². The predicted molar refractivity (Wildman–Crippen MR) is 130 cm³/mol. The molecule has 0 saturated carbocycles. The van der Waals surface area contributed by atoms with Crippen molar-refractivity contribution in [2.45, 2.75) is 57.7 Å². The minimum atomic E-state index is -1.31. The van der Waals surface area contributed by atoms with Crippen LogP contribution in [0.15, 0.2) is 60.7 Å². The zero-order valence-electron chi connectivity index (χ0n) is 20.1. The minimum Gasteiger partial charge on any atom is -0.480 e. The molecule has 0 aromatic heterocycles. The molecule has 0 saturated heterocycles. The Hall–Kier alpha value is -3.88. The van der Waals surface area contributed by atoms with Crippen LogP contribution in [0.3, 0.4) is 0 Å². The SMILES string of the molecule is CC(=O)N[C@@](C)(Cc1ccccc1)C(=O)N[C@@H](CCCCNC(=O)OCc1ccccc1)C(=O)O. The topological polar surface area (TPSA) is 134 Å². The van der Waals surface area contributed by atoms with Gasteiger partial charge in [0.2, 0.25) is 11.8 Å². The fourth-order valence-corrected chi connectivity index (χ4v) is 3.59. The number of carbonyl (C=O) groups excluding carboxylic acids is 3. The van der Waals surface area contributed by atoms with Crippen LogP contribution in [0.25, 0.3) is 0 Å². The van der Waals surface area contributed by atoms with Gasteiger partial charge in [0.1, 0.15) is 18.2 Å². The average molecular weight is 484 g/mol. The summed E-state index contributed by atoms with van der Waals surface area (Å²) in [6.07, 6.45) is 0.784. The maximum absolute atomic E-state index is 13.0. The van der Waals surface area contributed by atoms with Gasteiger partial charge in [0, 0.05) is 19.9 Å². The van der Waals surface area contributed by atoms with E-state index in [0.29, 0.717) is 19.4 Å². The van der Waals surface area contributed by atoms with E-state index in [1.165, 1.54) is 6.92 Å². The van der Waals surface area contributed by atoms with E-state index in [1.54, 1.807) is 6.92 Å². The van der Waals surface area contributed by atoms with Crippen molar-refractivity contribution in [3.8, 4) is 0 Å².